The number of hydrogen-bond acceptors (Lipinski definition) is 2. The van der Waals surface area contributed by atoms with E-state index in [0.717, 1.165) is 30.6 Å². The summed E-state index contributed by atoms with van der Waals surface area (Å²) in [6.45, 7) is 7.91. The molecule has 1 aliphatic carbocycles. The summed E-state index contributed by atoms with van der Waals surface area (Å²) in [5.41, 5.74) is 2.84. The van der Waals surface area contributed by atoms with Gasteiger partial charge in [0.15, 0.2) is 0 Å². The topological polar surface area (TPSA) is 21.3 Å². The van der Waals surface area contributed by atoms with E-state index in [1.807, 2.05) is 0 Å². The first-order chi connectivity index (χ1) is 9.69. The Morgan fingerprint density at radius 1 is 1.35 bits per heavy atom. The van der Waals surface area contributed by atoms with Crippen molar-refractivity contribution in [1.82, 2.24) is 5.32 Å². The van der Waals surface area contributed by atoms with Gasteiger partial charge >= 0.3 is 0 Å². The highest BCUT2D eigenvalue weighted by atomic mass is 16.5. The van der Waals surface area contributed by atoms with E-state index < -0.39 is 0 Å². The molecule has 3 unspecified atom stereocenters. The van der Waals surface area contributed by atoms with E-state index in [0.29, 0.717) is 12.1 Å². The van der Waals surface area contributed by atoms with E-state index in [1.165, 1.54) is 30.4 Å². The van der Waals surface area contributed by atoms with Crippen LogP contribution in [0.1, 0.15) is 57.2 Å². The number of hydrogen-bond donors (Lipinski definition) is 1. The van der Waals surface area contributed by atoms with Gasteiger partial charge in [0.1, 0.15) is 11.9 Å². The molecule has 0 aromatic heterocycles. The molecule has 2 nitrogen and oxygen atoms in total. The molecule has 0 saturated heterocycles. The Kier molecular flexibility index (Phi) is 4.02. The second kappa shape index (κ2) is 5.77. The van der Waals surface area contributed by atoms with Crippen LogP contribution in [0.2, 0.25) is 0 Å². The Morgan fingerprint density at radius 2 is 2.15 bits per heavy atom. The fraction of sp³-hybridized carbons (Fsp3) is 0.667. The summed E-state index contributed by atoms with van der Waals surface area (Å²) >= 11 is 0. The number of rotatable bonds is 6. The second-order valence-electron chi connectivity index (χ2n) is 6.63. The molecule has 3 rings (SSSR count). The molecule has 1 heterocycles. The Morgan fingerprint density at radius 3 is 2.85 bits per heavy atom. The van der Waals surface area contributed by atoms with Crippen LogP contribution in [0.5, 0.6) is 5.75 Å². The summed E-state index contributed by atoms with van der Waals surface area (Å²) in [5, 5.41) is 3.77. The summed E-state index contributed by atoms with van der Waals surface area (Å²) in [6, 6.07) is 7.33. The highest BCUT2D eigenvalue weighted by Crippen LogP contribution is 2.43. The minimum Gasteiger partial charge on any atom is -0.490 e. The predicted octanol–water partition coefficient (Wildman–Crippen LogP) is 4.10. The average molecular weight is 273 g/mol. The summed E-state index contributed by atoms with van der Waals surface area (Å²) < 4.78 is 5.82. The Bertz CT molecular complexity index is 466. The molecule has 110 valence electrons. The maximum atomic E-state index is 5.82. The molecule has 20 heavy (non-hydrogen) atoms. The quantitative estimate of drug-likeness (QED) is 0.842. The minimum atomic E-state index is 0.336. The van der Waals surface area contributed by atoms with Crippen LogP contribution in [0.4, 0.5) is 0 Å². The maximum absolute atomic E-state index is 5.82. The zero-order valence-corrected chi connectivity index (χ0v) is 13.0. The summed E-state index contributed by atoms with van der Waals surface area (Å²) in [6.07, 6.45) is 5.41. The smallest absolute Gasteiger partial charge is 0.123 e. The van der Waals surface area contributed by atoms with E-state index in [4.69, 9.17) is 4.74 Å². The fourth-order valence-corrected chi connectivity index (χ4v) is 3.44. The van der Waals surface area contributed by atoms with Gasteiger partial charge in [0.2, 0.25) is 0 Å². The van der Waals surface area contributed by atoms with Crippen molar-refractivity contribution in [3.8, 4) is 5.75 Å². The van der Waals surface area contributed by atoms with Gasteiger partial charge in [0.05, 0.1) is 0 Å². The van der Waals surface area contributed by atoms with Crippen molar-refractivity contribution in [2.24, 2.45) is 11.8 Å². The van der Waals surface area contributed by atoms with Crippen molar-refractivity contribution in [2.45, 2.75) is 58.6 Å². The first-order valence-electron chi connectivity index (χ1n) is 8.22. The van der Waals surface area contributed by atoms with Gasteiger partial charge in [-0.25, -0.2) is 0 Å². The lowest BCUT2D eigenvalue weighted by Gasteiger charge is -2.26. The van der Waals surface area contributed by atoms with Gasteiger partial charge in [-0.2, -0.15) is 0 Å². The fourth-order valence-electron chi connectivity index (χ4n) is 3.44. The highest BCUT2D eigenvalue weighted by molar-refractivity contribution is 5.41. The SMILES string of the molecule is CCCNC(c1ccc2c(c1)CC(C)O2)C(C)C1CC1. The molecule has 0 spiro atoms. The number of fused-ring (bicyclic) bond motifs is 1. The molecule has 1 fully saturated rings. The molecule has 1 aliphatic heterocycles. The van der Waals surface area contributed by atoms with E-state index in [2.05, 4.69) is 44.3 Å². The summed E-state index contributed by atoms with van der Waals surface area (Å²) in [4.78, 5) is 0. The largest absolute Gasteiger partial charge is 0.490 e. The van der Waals surface area contributed by atoms with Crippen molar-refractivity contribution in [3.63, 3.8) is 0 Å². The molecule has 2 aliphatic rings. The van der Waals surface area contributed by atoms with Gasteiger partial charge in [0, 0.05) is 12.5 Å². The van der Waals surface area contributed by atoms with Gasteiger partial charge < -0.3 is 10.1 Å². The van der Waals surface area contributed by atoms with Crippen LogP contribution in [0, 0.1) is 11.8 Å². The Hall–Kier alpha value is -1.02. The third-order valence-corrected chi connectivity index (χ3v) is 4.78. The monoisotopic (exact) mass is 273 g/mol. The lowest BCUT2D eigenvalue weighted by Crippen LogP contribution is -2.28. The first kappa shape index (κ1) is 13.9. The van der Waals surface area contributed by atoms with Gasteiger partial charge in [-0.05, 0) is 61.8 Å². The number of nitrogens with one attached hydrogen (secondary N) is 1. The van der Waals surface area contributed by atoms with Gasteiger partial charge in [0.25, 0.3) is 0 Å². The molecule has 0 amide bonds. The molecule has 1 saturated carbocycles. The van der Waals surface area contributed by atoms with Crippen LogP contribution in [0.15, 0.2) is 18.2 Å². The van der Waals surface area contributed by atoms with Crippen LogP contribution in [0.25, 0.3) is 0 Å². The van der Waals surface area contributed by atoms with Crippen molar-refractivity contribution >= 4 is 0 Å². The molecule has 2 heteroatoms. The van der Waals surface area contributed by atoms with E-state index in [1.54, 1.807) is 0 Å². The number of benzene rings is 1. The third-order valence-electron chi connectivity index (χ3n) is 4.78. The second-order valence-corrected chi connectivity index (χ2v) is 6.63. The van der Waals surface area contributed by atoms with Crippen LogP contribution < -0.4 is 10.1 Å². The number of ether oxygens (including phenoxy) is 1. The maximum Gasteiger partial charge on any atom is 0.123 e. The van der Waals surface area contributed by atoms with Crippen LogP contribution in [0.3, 0.4) is 0 Å². The molecule has 1 N–H and O–H groups in total. The average Bonchev–Trinajstić information content (AvgIpc) is 3.20. The van der Waals surface area contributed by atoms with Gasteiger partial charge in [-0.3, -0.25) is 0 Å². The summed E-state index contributed by atoms with van der Waals surface area (Å²) in [7, 11) is 0. The summed E-state index contributed by atoms with van der Waals surface area (Å²) in [5.74, 6) is 2.75. The zero-order valence-electron chi connectivity index (χ0n) is 13.0. The Balaban J connectivity index is 1.81. The van der Waals surface area contributed by atoms with Crippen LogP contribution in [-0.4, -0.2) is 12.6 Å². The lowest BCUT2D eigenvalue weighted by atomic mass is 9.89. The minimum absolute atomic E-state index is 0.336. The van der Waals surface area contributed by atoms with E-state index in [-0.39, 0.29) is 0 Å². The molecule has 0 radical (unpaired) electrons. The van der Waals surface area contributed by atoms with Gasteiger partial charge in [-0.1, -0.05) is 26.0 Å². The normalized spacial score (nSPS) is 24.1. The zero-order chi connectivity index (χ0) is 14.1. The molecular weight excluding hydrogens is 246 g/mol. The Labute approximate surface area is 122 Å². The van der Waals surface area contributed by atoms with E-state index >= 15 is 0 Å². The molecule has 3 atom stereocenters. The molecule has 1 aromatic rings. The molecule has 1 aromatic carbocycles. The van der Waals surface area contributed by atoms with Crippen LogP contribution in [-0.2, 0) is 6.42 Å². The van der Waals surface area contributed by atoms with Crippen molar-refractivity contribution in [3.05, 3.63) is 29.3 Å². The van der Waals surface area contributed by atoms with Crippen molar-refractivity contribution in [1.29, 1.82) is 0 Å². The highest BCUT2D eigenvalue weighted by Gasteiger charge is 2.34. The molecular formula is C18H27NO. The lowest BCUT2D eigenvalue weighted by molar-refractivity contribution is 0.254. The van der Waals surface area contributed by atoms with Crippen molar-refractivity contribution in [2.75, 3.05) is 6.54 Å². The van der Waals surface area contributed by atoms with Gasteiger partial charge in [-0.15, -0.1) is 0 Å². The van der Waals surface area contributed by atoms with E-state index in [9.17, 15) is 0 Å². The van der Waals surface area contributed by atoms with Crippen LogP contribution >= 0.6 is 0 Å². The van der Waals surface area contributed by atoms with Crippen molar-refractivity contribution < 1.29 is 4.74 Å². The first-order valence-corrected chi connectivity index (χ1v) is 8.22. The molecule has 0 bridgehead atoms. The standard InChI is InChI=1S/C18H27NO/c1-4-9-19-18(13(3)14-5-6-14)15-7-8-17-16(11-15)10-12(2)20-17/h7-8,11-14,18-19H,4-6,9-10H2,1-3H3. The predicted molar refractivity (Wildman–Crippen MR) is 83.2 cm³/mol. The third kappa shape index (κ3) is 2.85.